The third-order valence-corrected chi connectivity index (χ3v) is 3.65. The van der Waals surface area contributed by atoms with Crippen LogP contribution in [0.4, 0.5) is 11.5 Å². The summed E-state index contributed by atoms with van der Waals surface area (Å²) in [5, 5.41) is 13.2. The third-order valence-electron chi connectivity index (χ3n) is 3.40. The maximum absolute atomic E-state index is 12.5. The van der Waals surface area contributed by atoms with Gasteiger partial charge in [-0.25, -0.2) is 4.98 Å². The fourth-order valence-electron chi connectivity index (χ4n) is 2.25. The van der Waals surface area contributed by atoms with Crippen LogP contribution in [0.5, 0.6) is 5.75 Å². The molecule has 7 heteroatoms. The highest BCUT2D eigenvalue weighted by atomic mass is 35.5. The number of pyridine rings is 1. The standard InChI is InChI=1S/C16H14ClN3O3/c1-23-13-3-2-8-20-15(13)19-14(12(9-21)16(20)22)18-11-6-4-10(17)5-7-11/h2-8,18,21H,9H2,1H3. The van der Waals surface area contributed by atoms with Gasteiger partial charge in [0.1, 0.15) is 5.82 Å². The van der Waals surface area contributed by atoms with Crippen LogP contribution in [-0.4, -0.2) is 21.6 Å². The number of aromatic nitrogens is 2. The van der Waals surface area contributed by atoms with Gasteiger partial charge in [-0.1, -0.05) is 11.6 Å². The van der Waals surface area contributed by atoms with Gasteiger partial charge in [0.25, 0.3) is 5.56 Å². The van der Waals surface area contributed by atoms with Gasteiger partial charge in [0.15, 0.2) is 11.4 Å². The molecule has 0 unspecified atom stereocenters. The van der Waals surface area contributed by atoms with E-state index in [0.717, 1.165) is 0 Å². The van der Waals surface area contributed by atoms with Crippen molar-refractivity contribution in [2.24, 2.45) is 0 Å². The Bertz CT molecular complexity index is 907. The van der Waals surface area contributed by atoms with Crippen molar-refractivity contribution >= 4 is 28.8 Å². The number of ether oxygens (including phenoxy) is 1. The molecule has 0 fully saturated rings. The number of fused-ring (bicyclic) bond motifs is 1. The van der Waals surface area contributed by atoms with E-state index in [1.807, 2.05) is 0 Å². The summed E-state index contributed by atoms with van der Waals surface area (Å²) >= 11 is 5.86. The van der Waals surface area contributed by atoms with Crippen molar-refractivity contribution in [3.63, 3.8) is 0 Å². The first-order valence-electron chi connectivity index (χ1n) is 6.85. The molecule has 0 atom stereocenters. The average molecular weight is 332 g/mol. The molecular formula is C16H14ClN3O3. The van der Waals surface area contributed by atoms with Crippen LogP contribution in [0.25, 0.3) is 5.65 Å². The van der Waals surface area contributed by atoms with E-state index in [4.69, 9.17) is 16.3 Å². The molecule has 2 aromatic heterocycles. The van der Waals surface area contributed by atoms with Crippen molar-refractivity contribution in [2.45, 2.75) is 6.61 Å². The van der Waals surface area contributed by atoms with Gasteiger partial charge >= 0.3 is 0 Å². The molecule has 23 heavy (non-hydrogen) atoms. The normalized spacial score (nSPS) is 10.7. The number of benzene rings is 1. The first kappa shape index (κ1) is 15.3. The van der Waals surface area contributed by atoms with Gasteiger partial charge in [0.05, 0.1) is 19.3 Å². The second-order valence-electron chi connectivity index (χ2n) is 4.80. The van der Waals surface area contributed by atoms with Crippen molar-refractivity contribution in [3.05, 3.63) is 63.5 Å². The van der Waals surface area contributed by atoms with E-state index in [-0.39, 0.29) is 16.9 Å². The van der Waals surface area contributed by atoms with E-state index in [2.05, 4.69) is 10.3 Å². The number of nitrogens with zero attached hydrogens (tertiary/aromatic N) is 2. The van der Waals surface area contributed by atoms with E-state index in [9.17, 15) is 9.90 Å². The minimum absolute atomic E-state index is 0.172. The fraction of sp³-hybridized carbons (Fsp3) is 0.125. The monoisotopic (exact) mass is 331 g/mol. The molecule has 0 aliphatic carbocycles. The summed E-state index contributed by atoms with van der Waals surface area (Å²) in [5.41, 5.74) is 0.891. The summed E-state index contributed by atoms with van der Waals surface area (Å²) in [5.74, 6) is 0.748. The van der Waals surface area contributed by atoms with Crippen LogP contribution in [0, 0.1) is 0 Å². The number of aliphatic hydroxyl groups is 1. The van der Waals surface area contributed by atoms with Crippen molar-refractivity contribution in [1.29, 1.82) is 0 Å². The van der Waals surface area contributed by atoms with Gasteiger partial charge in [-0.15, -0.1) is 0 Å². The summed E-state index contributed by atoms with van der Waals surface area (Å²) in [6.07, 6.45) is 1.58. The molecule has 0 radical (unpaired) electrons. The molecule has 0 amide bonds. The number of methoxy groups -OCH3 is 1. The smallest absolute Gasteiger partial charge is 0.265 e. The van der Waals surface area contributed by atoms with Crippen LogP contribution >= 0.6 is 11.6 Å². The molecule has 2 heterocycles. The molecule has 0 saturated carbocycles. The SMILES string of the molecule is COc1cccn2c(=O)c(CO)c(Nc3ccc(Cl)cc3)nc12. The molecule has 0 spiro atoms. The Morgan fingerprint density at radius 3 is 2.70 bits per heavy atom. The van der Waals surface area contributed by atoms with E-state index < -0.39 is 6.61 Å². The molecule has 1 aromatic carbocycles. The summed E-state index contributed by atoms with van der Waals surface area (Å²) in [6, 6.07) is 10.4. The Kier molecular flexibility index (Phi) is 4.18. The van der Waals surface area contributed by atoms with Gasteiger partial charge in [-0.2, -0.15) is 0 Å². The quantitative estimate of drug-likeness (QED) is 0.768. The Labute approximate surface area is 136 Å². The number of aliphatic hydroxyl groups excluding tert-OH is 1. The number of anilines is 2. The highest BCUT2D eigenvalue weighted by molar-refractivity contribution is 6.30. The lowest BCUT2D eigenvalue weighted by atomic mass is 10.2. The van der Waals surface area contributed by atoms with Gasteiger partial charge in [-0.3, -0.25) is 9.20 Å². The predicted octanol–water partition coefficient (Wildman–Crippen LogP) is 2.59. The van der Waals surface area contributed by atoms with Crippen molar-refractivity contribution in [2.75, 3.05) is 12.4 Å². The second kappa shape index (κ2) is 6.28. The molecule has 118 valence electrons. The summed E-state index contributed by atoms with van der Waals surface area (Å²) in [4.78, 5) is 17.0. The third kappa shape index (κ3) is 2.86. The van der Waals surface area contributed by atoms with E-state index in [1.54, 1.807) is 42.6 Å². The lowest BCUT2D eigenvalue weighted by Gasteiger charge is -2.13. The van der Waals surface area contributed by atoms with Crippen LogP contribution in [0.1, 0.15) is 5.56 Å². The molecule has 6 nitrogen and oxygen atoms in total. The first-order valence-corrected chi connectivity index (χ1v) is 7.23. The van der Waals surface area contributed by atoms with Crippen molar-refractivity contribution in [3.8, 4) is 5.75 Å². The van der Waals surface area contributed by atoms with E-state index in [1.165, 1.54) is 11.5 Å². The summed E-state index contributed by atoms with van der Waals surface area (Å²) in [6.45, 7) is -0.429. The Morgan fingerprint density at radius 1 is 1.30 bits per heavy atom. The highest BCUT2D eigenvalue weighted by Crippen LogP contribution is 2.23. The lowest BCUT2D eigenvalue weighted by molar-refractivity contribution is 0.280. The highest BCUT2D eigenvalue weighted by Gasteiger charge is 2.14. The Morgan fingerprint density at radius 2 is 2.04 bits per heavy atom. The van der Waals surface area contributed by atoms with Crippen LogP contribution in [-0.2, 0) is 6.61 Å². The van der Waals surface area contributed by atoms with Gasteiger partial charge in [-0.05, 0) is 36.4 Å². The maximum atomic E-state index is 12.5. The molecule has 0 bridgehead atoms. The van der Waals surface area contributed by atoms with Crippen molar-refractivity contribution < 1.29 is 9.84 Å². The van der Waals surface area contributed by atoms with Crippen molar-refractivity contribution in [1.82, 2.24) is 9.38 Å². The number of halogens is 1. The van der Waals surface area contributed by atoms with Crippen LogP contribution in [0.2, 0.25) is 5.02 Å². The van der Waals surface area contributed by atoms with Gasteiger partial charge < -0.3 is 15.2 Å². The zero-order valence-corrected chi connectivity index (χ0v) is 13.0. The van der Waals surface area contributed by atoms with E-state index in [0.29, 0.717) is 22.1 Å². The van der Waals surface area contributed by atoms with Crippen LogP contribution in [0.3, 0.4) is 0 Å². The number of hydrogen-bond acceptors (Lipinski definition) is 5. The van der Waals surface area contributed by atoms with Gasteiger partial charge in [0, 0.05) is 16.9 Å². The molecule has 0 aliphatic rings. The predicted molar refractivity (Wildman–Crippen MR) is 88.7 cm³/mol. The zero-order chi connectivity index (χ0) is 16.4. The second-order valence-corrected chi connectivity index (χ2v) is 5.24. The first-order chi connectivity index (χ1) is 11.1. The number of nitrogens with one attached hydrogen (secondary N) is 1. The molecule has 3 aromatic rings. The molecule has 0 aliphatic heterocycles. The van der Waals surface area contributed by atoms with Crippen LogP contribution in [0.15, 0.2) is 47.4 Å². The maximum Gasteiger partial charge on any atom is 0.265 e. The largest absolute Gasteiger partial charge is 0.493 e. The van der Waals surface area contributed by atoms with Crippen LogP contribution < -0.4 is 15.6 Å². The van der Waals surface area contributed by atoms with Gasteiger partial charge in [0.2, 0.25) is 0 Å². The Balaban J connectivity index is 2.18. The lowest BCUT2D eigenvalue weighted by Crippen LogP contribution is -2.22. The number of rotatable bonds is 4. The molecule has 3 rings (SSSR count). The summed E-state index contributed by atoms with van der Waals surface area (Å²) in [7, 11) is 1.51. The average Bonchev–Trinajstić information content (AvgIpc) is 2.57. The molecule has 0 saturated heterocycles. The number of hydrogen-bond donors (Lipinski definition) is 2. The topological polar surface area (TPSA) is 75.9 Å². The fourth-order valence-corrected chi connectivity index (χ4v) is 2.37. The minimum atomic E-state index is -0.429. The molecule has 2 N–H and O–H groups in total. The minimum Gasteiger partial charge on any atom is -0.493 e. The molecular weight excluding hydrogens is 318 g/mol. The van der Waals surface area contributed by atoms with E-state index >= 15 is 0 Å². The zero-order valence-electron chi connectivity index (χ0n) is 12.3. The summed E-state index contributed by atoms with van der Waals surface area (Å²) < 4.78 is 6.59. The Hall–Kier alpha value is -2.57.